The third-order valence-electron chi connectivity index (χ3n) is 15.8. The van der Waals surface area contributed by atoms with Crippen molar-refractivity contribution in [2.24, 2.45) is 0 Å². The maximum atomic E-state index is 2.49. The summed E-state index contributed by atoms with van der Waals surface area (Å²) < 4.78 is 2.45. The van der Waals surface area contributed by atoms with Crippen molar-refractivity contribution < 1.29 is 0 Å². The molecule has 73 heavy (non-hydrogen) atoms. The standard InChI is InChI=1S/C71H46N2/c1-3-17-48(18-4-1)56-22-9-10-23-57(56)50-33-39-54(40-34-50)72(55-41-44-62-61-27-13-16-30-67(61)71(68(62)46-55)65-28-14-11-25-59(65)60-26-12-15-29-66(60)71)53-37-31-47(32-38-53)51-36-42-63-64-43-35-49-19-7-8-24-58(49)70(64)73(69(63)45-51)52-20-5-2-6-21-52/h1-46H. The first-order chi connectivity index (χ1) is 36.2. The third kappa shape index (κ3) is 6.17. The molecule has 2 heteroatoms. The fraction of sp³-hybridized carbons (Fsp3) is 0.0141. The van der Waals surface area contributed by atoms with E-state index < -0.39 is 5.41 Å². The van der Waals surface area contributed by atoms with E-state index in [4.69, 9.17) is 0 Å². The molecule has 13 aromatic rings. The van der Waals surface area contributed by atoms with Crippen LogP contribution < -0.4 is 4.90 Å². The summed E-state index contributed by atoms with van der Waals surface area (Å²) in [6.45, 7) is 0. The maximum absolute atomic E-state index is 2.49. The van der Waals surface area contributed by atoms with Crippen LogP contribution in [0.1, 0.15) is 22.3 Å². The van der Waals surface area contributed by atoms with E-state index in [1.165, 1.54) is 105 Å². The van der Waals surface area contributed by atoms with Crippen LogP contribution in [-0.4, -0.2) is 4.57 Å². The molecule has 0 radical (unpaired) electrons. The number of hydrogen-bond donors (Lipinski definition) is 0. The Labute approximate surface area is 425 Å². The Hall–Kier alpha value is -9.50. The number of aromatic nitrogens is 1. The summed E-state index contributed by atoms with van der Waals surface area (Å²) in [4.78, 5) is 2.45. The summed E-state index contributed by atoms with van der Waals surface area (Å²) in [5.74, 6) is 0. The van der Waals surface area contributed by atoms with Crippen LogP contribution in [0.25, 0.3) is 93.9 Å². The van der Waals surface area contributed by atoms with Crippen molar-refractivity contribution in [2.45, 2.75) is 5.41 Å². The topological polar surface area (TPSA) is 8.17 Å². The largest absolute Gasteiger partial charge is 0.310 e. The van der Waals surface area contributed by atoms with Crippen LogP contribution in [0.4, 0.5) is 17.1 Å². The number of hydrogen-bond acceptors (Lipinski definition) is 1. The van der Waals surface area contributed by atoms with Crippen LogP contribution in [0.3, 0.4) is 0 Å². The molecule has 0 aliphatic heterocycles. The van der Waals surface area contributed by atoms with Crippen LogP contribution in [-0.2, 0) is 5.41 Å². The SMILES string of the molecule is c1ccc(-c2ccccc2-c2ccc(N(c3ccc(-c4ccc5c6ccc7ccccc7c6n(-c6ccccc6)c5c4)cc3)c3ccc4c(c3)C3(c5ccccc5-c5ccccc53)c3ccccc3-4)cc2)cc1. The molecule has 0 fully saturated rings. The molecule has 12 aromatic carbocycles. The van der Waals surface area contributed by atoms with E-state index in [0.717, 1.165) is 28.3 Å². The highest BCUT2D eigenvalue weighted by molar-refractivity contribution is 6.19. The molecular formula is C71H46N2. The van der Waals surface area contributed by atoms with Gasteiger partial charge in [0.2, 0.25) is 0 Å². The first-order valence-electron chi connectivity index (χ1n) is 25.3. The lowest BCUT2D eigenvalue weighted by Gasteiger charge is -2.32. The fourth-order valence-electron chi connectivity index (χ4n) is 12.7. The molecule has 15 rings (SSSR count). The van der Waals surface area contributed by atoms with E-state index >= 15 is 0 Å². The quantitative estimate of drug-likeness (QED) is 0.155. The van der Waals surface area contributed by atoms with Gasteiger partial charge >= 0.3 is 0 Å². The first-order valence-corrected chi connectivity index (χ1v) is 25.3. The van der Waals surface area contributed by atoms with Crippen molar-refractivity contribution in [3.8, 4) is 61.3 Å². The number of anilines is 3. The summed E-state index contributed by atoms with van der Waals surface area (Å²) in [7, 11) is 0. The summed E-state index contributed by atoms with van der Waals surface area (Å²) in [6.07, 6.45) is 0. The molecule has 340 valence electrons. The van der Waals surface area contributed by atoms with Crippen molar-refractivity contribution >= 4 is 49.6 Å². The predicted molar refractivity (Wildman–Crippen MR) is 306 cm³/mol. The second-order valence-electron chi connectivity index (χ2n) is 19.5. The molecule has 0 saturated heterocycles. The van der Waals surface area contributed by atoms with E-state index in [-0.39, 0.29) is 0 Å². The van der Waals surface area contributed by atoms with Gasteiger partial charge in [0.15, 0.2) is 0 Å². The fourth-order valence-corrected chi connectivity index (χ4v) is 12.7. The zero-order valence-corrected chi connectivity index (χ0v) is 40.0. The molecule has 2 aliphatic rings. The molecule has 1 aromatic heterocycles. The van der Waals surface area contributed by atoms with Gasteiger partial charge in [-0.3, -0.25) is 0 Å². The number of para-hydroxylation sites is 1. The van der Waals surface area contributed by atoms with Gasteiger partial charge < -0.3 is 9.47 Å². The molecule has 0 unspecified atom stereocenters. The lowest BCUT2D eigenvalue weighted by atomic mass is 9.70. The van der Waals surface area contributed by atoms with Gasteiger partial charge in [0.05, 0.1) is 16.4 Å². The molecule has 0 bridgehead atoms. The molecule has 0 N–H and O–H groups in total. The van der Waals surface area contributed by atoms with Gasteiger partial charge in [-0.25, -0.2) is 0 Å². The monoisotopic (exact) mass is 926 g/mol. The van der Waals surface area contributed by atoms with Crippen molar-refractivity contribution in [1.82, 2.24) is 4.57 Å². The summed E-state index contributed by atoms with van der Waals surface area (Å²) in [6, 6.07) is 103. The van der Waals surface area contributed by atoms with E-state index in [2.05, 4.69) is 289 Å². The lowest BCUT2D eigenvalue weighted by molar-refractivity contribution is 0.793. The van der Waals surface area contributed by atoms with Gasteiger partial charge in [-0.15, -0.1) is 0 Å². The van der Waals surface area contributed by atoms with E-state index in [1.54, 1.807) is 0 Å². The van der Waals surface area contributed by atoms with Crippen molar-refractivity contribution in [3.05, 3.63) is 301 Å². The molecule has 2 nitrogen and oxygen atoms in total. The van der Waals surface area contributed by atoms with Crippen molar-refractivity contribution in [3.63, 3.8) is 0 Å². The average Bonchev–Trinajstić information content (AvgIpc) is 4.08. The van der Waals surface area contributed by atoms with Crippen molar-refractivity contribution in [1.29, 1.82) is 0 Å². The van der Waals surface area contributed by atoms with Crippen LogP contribution in [0.2, 0.25) is 0 Å². The Balaban J connectivity index is 0.898. The molecule has 0 amide bonds. The molecule has 0 atom stereocenters. The Morgan fingerprint density at radius 3 is 1.37 bits per heavy atom. The van der Waals surface area contributed by atoms with Crippen LogP contribution >= 0.6 is 0 Å². The van der Waals surface area contributed by atoms with E-state index in [9.17, 15) is 0 Å². The lowest BCUT2D eigenvalue weighted by Crippen LogP contribution is -2.26. The van der Waals surface area contributed by atoms with Crippen LogP contribution in [0.5, 0.6) is 0 Å². The Morgan fingerprint density at radius 2 is 0.740 bits per heavy atom. The van der Waals surface area contributed by atoms with Gasteiger partial charge in [0.25, 0.3) is 0 Å². The summed E-state index contributed by atoms with van der Waals surface area (Å²) in [5.41, 5.74) is 24.1. The zero-order valence-electron chi connectivity index (χ0n) is 40.0. The van der Waals surface area contributed by atoms with Gasteiger partial charge in [0, 0.05) is 38.9 Å². The van der Waals surface area contributed by atoms with Gasteiger partial charge in [-0.2, -0.15) is 0 Å². The molecule has 0 saturated carbocycles. The molecule has 1 spiro atoms. The maximum Gasteiger partial charge on any atom is 0.0726 e. The number of rotatable bonds is 7. The highest BCUT2D eigenvalue weighted by atomic mass is 15.1. The minimum Gasteiger partial charge on any atom is -0.310 e. The Morgan fingerprint density at radius 1 is 0.274 bits per heavy atom. The van der Waals surface area contributed by atoms with Crippen molar-refractivity contribution in [2.75, 3.05) is 4.90 Å². The van der Waals surface area contributed by atoms with E-state index in [0.29, 0.717) is 0 Å². The summed E-state index contributed by atoms with van der Waals surface area (Å²) in [5, 5.41) is 4.99. The average molecular weight is 927 g/mol. The van der Waals surface area contributed by atoms with Crippen LogP contribution in [0, 0.1) is 0 Å². The number of nitrogens with zero attached hydrogens (tertiary/aromatic N) is 2. The first kappa shape index (κ1) is 41.3. The van der Waals surface area contributed by atoms with Gasteiger partial charge in [-0.05, 0) is 138 Å². The minimum atomic E-state index is -0.456. The summed E-state index contributed by atoms with van der Waals surface area (Å²) >= 11 is 0. The highest BCUT2D eigenvalue weighted by Crippen LogP contribution is 2.63. The highest BCUT2D eigenvalue weighted by Gasteiger charge is 2.51. The number of benzene rings is 12. The smallest absolute Gasteiger partial charge is 0.0726 e. The molecular weight excluding hydrogens is 881 g/mol. The van der Waals surface area contributed by atoms with Gasteiger partial charge in [0.1, 0.15) is 0 Å². The third-order valence-corrected chi connectivity index (χ3v) is 15.8. The Bertz CT molecular complexity index is 4230. The van der Waals surface area contributed by atoms with E-state index in [1.807, 2.05) is 0 Å². The predicted octanol–water partition coefficient (Wildman–Crippen LogP) is 18.8. The van der Waals surface area contributed by atoms with Crippen LogP contribution in [0.15, 0.2) is 279 Å². The number of fused-ring (bicyclic) bond motifs is 15. The second-order valence-corrected chi connectivity index (χ2v) is 19.5. The Kier molecular flexibility index (Phi) is 9.21. The van der Waals surface area contributed by atoms with Gasteiger partial charge in [-0.1, -0.05) is 224 Å². The minimum absolute atomic E-state index is 0.456. The molecule has 1 heterocycles. The normalized spacial score (nSPS) is 12.8. The zero-order chi connectivity index (χ0) is 48.0. The molecule has 2 aliphatic carbocycles. The second kappa shape index (κ2) is 16.3.